The Morgan fingerprint density at radius 1 is 1.23 bits per heavy atom. The first-order chi connectivity index (χ1) is 12.4. The molecule has 0 aliphatic rings. The molecule has 0 atom stereocenters. The zero-order valence-electron chi connectivity index (χ0n) is 13.7. The third-order valence-electron chi connectivity index (χ3n) is 3.09. The van der Waals surface area contributed by atoms with Gasteiger partial charge in [-0.15, -0.1) is 0 Å². The molecule has 0 radical (unpaired) electrons. The Morgan fingerprint density at radius 2 is 1.92 bits per heavy atom. The fraction of sp³-hybridized carbons (Fsp3) is 0.118. The maximum atomic E-state index is 12.0. The number of ether oxygens (including phenoxy) is 2. The molecule has 0 bridgehead atoms. The molecule has 0 unspecified atom stereocenters. The molecule has 2 amide bonds. The number of benzene rings is 2. The Labute approximate surface area is 159 Å². The average molecular weight is 396 g/mol. The van der Waals surface area contributed by atoms with Crippen LogP contribution in [0.1, 0.15) is 15.9 Å². The molecule has 0 saturated carbocycles. The highest BCUT2D eigenvalue weighted by molar-refractivity contribution is 6.37. The highest BCUT2D eigenvalue weighted by Crippen LogP contribution is 2.33. The zero-order valence-corrected chi connectivity index (χ0v) is 15.2. The summed E-state index contributed by atoms with van der Waals surface area (Å²) in [7, 11) is 1.51. The SMILES string of the molecule is COc1cccc(C(=O)N/N=C/c2cc(Cl)c(OCC(N)=O)c(Cl)c2)c1. The van der Waals surface area contributed by atoms with Crippen molar-refractivity contribution in [2.75, 3.05) is 13.7 Å². The molecule has 0 heterocycles. The fourth-order valence-electron chi connectivity index (χ4n) is 1.93. The molecule has 136 valence electrons. The van der Waals surface area contributed by atoms with Crippen LogP contribution in [-0.4, -0.2) is 31.7 Å². The van der Waals surface area contributed by atoms with Crippen LogP contribution in [0.5, 0.6) is 11.5 Å². The van der Waals surface area contributed by atoms with Gasteiger partial charge in [0, 0.05) is 5.56 Å². The molecular formula is C17H15Cl2N3O4. The van der Waals surface area contributed by atoms with Gasteiger partial charge in [-0.05, 0) is 35.9 Å². The van der Waals surface area contributed by atoms with Gasteiger partial charge in [0.15, 0.2) is 12.4 Å². The molecule has 0 fully saturated rings. The van der Waals surface area contributed by atoms with Gasteiger partial charge >= 0.3 is 0 Å². The Morgan fingerprint density at radius 3 is 2.54 bits per heavy atom. The molecule has 26 heavy (non-hydrogen) atoms. The van der Waals surface area contributed by atoms with E-state index < -0.39 is 11.8 Å². The first-order valence-electron chi connectivity index (χ1n) is 7.28. The van der Waals surface area contributed by atoms with Crippen molar-refractivity contribution in [3.05, 3.63) is 57.6 Å². The minimum absolute atomic E-state index is 0.143. The Hall–Kier alpha value is -2.77. The van der Waals surface area contributed by atoms with E-state index in [0.717, 1.165) is 0 Å². The Kier molecular flexibility index (Phi) is 6.82. The lowest BCUT2D eigenvalue weighted by Crippen LogP contribution is -2.20. The van der Waals surface area contributed by atoms with Crippen LogP contribution in [0.4, 0.5) is 0 Å². The third kappa shape index (κ3) is 5.37. The highest BCUT2D eigenvalue weighted by atomic mass is 35.5. The lowest BCUT2D eigenvalue weighted by molar-refractivity contribution is -0.119. The van der Waals surface area contributed by atoms with Crippen molar-refractivity contribution < 1.29 is 19.1 Å². The van der Waals surface area contributed by atoms with Gasteiger partial charge in [-0.25, -0.2) is 5.43 Å². The minimum atomic E-state index is -0.650. The minimum Gasteiger partial charge on any atom is -0.497 e. The molecule has 0 aromatic heterocycles. The lowest BCUT2D eigenvalue weighted by atomic mass is 10.2. The largest absolute Gasteiger partial charge is 0.497 e. The summed E-state index contributed by atoms with van der Waals surface area (Å²) in [6.45, 7) is -0.344. The second-order valence-corrected chi connectivity index (χ2v) is 5.81. The number of methoxy groups -OCH3 is 1. The van der Waals surface area contributed by atoms with E-state index in [2.05, 4.69) is 10.5 Å². The number of rotatable bonds is 7. The first kappa shape index (κ1) is 19.6. The van der Waals surface area contributed by atoms with Crippen molar-refractivity contribution in [3.8, 4) is 11.5 Å². The maximum Gasteiger partial charge on any atom is 0.271 e. The van der Waals surface area contributed by atoms with Crippen molar-refractivity contribution in [1.82, 2.24) is 5.43 Å². The monoisotopic (exact) mass is 395 g/mol. The van der Waals surface area contributed by atoms with Gasteiger partial charge < -0.3 is 15.2 Å². The van der Waals surface area contributed by atoms with E-state index in [1.54, 1.807) is 24.3 Å². The van der Waals surface area contributed by atoms with Crippen molar-refractivity contribution in [2.24, 2.45) is 10.8 Å². The summed E-state index contributed by atoms with van der Waals surface area (Å²) in [6.07, 6.45) is 1.37. The number of hydrogen-bond donors (Lipinski definition) is 2. The standard InChI is InChI=1S/C17H15Cl2N3O4/c1-25-12-4-2-3-11(7-12)17(24)22-21-8-10-5-13(18)16(14(19)6-10)26-9-15(20)23/h2-8H,9H2,1H3,(H2,20,23)(H,22,24)/b21-8+. The van der Waals surface area contributed by atoms with Gasteiger partial charge in [0.1, 0.15) is 5.75 Å². The van der Waals surface area contributed by atoms with Crippen LogP contribution in [-0.2, 0) is 4.79 Å². The van der Waals surface area contributed by atoms with Crippen LogP contribution in [0.25, 0.3) is 0 Å². The Balaban J connectivity index is 2.05. The van der Waals surface area contributed by atoms with Crippen LogP contribution in [0.2, 0.25) is 10.0 Å². The third-order valence-corrected chi connectivity index (χ3v) is 3.65. The van der Waals surface area contributed by atoms with Crippen LogP contribution in [0.3, 0.4) is 0 Å². The van der Waals surface area contributed by atoms with E-state index in [9.17, 15) is 9.59 Å². The van der Waals surface area contributed by atoms with E-state index in [0.29, 0.717) is 16.9 Å². The van der Waals surface area contributed by atoms with E-state index in [1.807, 2.05) is 0 Å². The number of halogens is 2. The summed E-state index contributed by atoms with van der Waals surface area (Å²) in [4.78, 5) is 22.8. The number of nitrogens with two attached hydrogens (primary N) is 1. The predicted octanol–water partition coefficient (Wildman–Crippen LogP) is 2.63. The Bertz CT molecular complexity index is 833. The van der Waals surface area contributed by atoms with Gasteiger partial charge in [-0.1, -0.05) is 29.3 Å². The molecule has 2 rings (SSSR count). The second-order valence-electron chi connectivity index (χ2n) is 5.00. The number of primary amides is 1. The van der Waals surface area contributed by atoms with E-state index in [4.69, 9.17) is 38.4 Å². The molecule has 0 aliphatic carbocycles. The fourth-order valence-corrected chi connectivity index (χ4v) is 2.54. The molecule has 3 N–H and O–H groups in total. The molecule has 7 nitrogen and oxygen atoms in total. The normalized spacial score (nSPS) is 10.6. The summed E-state index contributed by atoms with van der Waals surface area (Å²) in [5.74, 6) is -0.349. The molecule has 2 aromatic carbocycles. The van der Waals surface area contributed by atoms with Crippen LogP contribution >= 0.6 is 23.2 Å². The van der Waals surface area contributed by atoms with E-state index >= 15 is 0 Å². The van der Waals surface area contributed by atoms with Gasteiger partial charge in [0.2, 0.25) is 0 Å². The molecule has 0 saturated heterocycles. The molecule has 2 aromatic rings. The number of amides is 2. The number of hydrogen-bond acceptors (Lipinski definition) is 5. The number of nitrogens with zero attached hydrogens (tertiary/aromatic N) is 1. The van der Waals surface area contributed by atoms with Crippen molar-refractivity contribution >= 4 is 41.2 Å². The van der Waals surface area contributed by atoms with Crippen LogP contribution in [0.15, 0.2) is 41.5 Å². The number of carbonyl (C=O) groups is 2. The molecule has 0 aliphatic heterocycles. The zero-order chi connectivity index (χ0) is 19.1. The summed E-state index contributed by atoms with van der Waals surface area (Å²) < 4.78 is 10.2. The highest BCUT2D eigenvalue weighted by Gasteiger charge is 2.10. The molecule has 9 heteroatoms. The number of hydrazone groups is 1. The lowest BCUT2D eigenvalue weighted by Gasteiger charge is -2.09. The second kappa shape index (κ2) is 9.07. The van der Waals surface area contributed by atoms with Gasteiger partial charge in [0.05, 0.1) is 23.4 Å². The van der Waals surface area contributed by atoms with Gasteiger partial charge in [0.25, 0.3) is 11.8 Å². The van der Waals surface area contributed by atoms with Crippen LogP contribution in [0, 0.1) is 0 Å². The predicted molar refractivity (Wildman–Crippen MR) is 99.2 cm³/mol. The van der Waals surface area contributed by atoms with Crippen molar-refractivity contribution in [2.45, 2.75) is 0 Å². The average Bonchev–Trinajstić information content (AvgIpc) is 2.60. The summed E-state index contributed by atoms with van der Waals surface area (Å²) in [5, 5.41) is 4.22. The first-order valence-corrected chi connectivity index (χ1v) is 8.04. The summed E-state index contributed by atoms with van der Waals surface area (Å²) in [5.41, 5.74) is 8.32. The maximum absolute atomic E-state index is 12.0. The summed E-state index contributed by atoms with van der Waals surface area (Å²) >= 11 is 12.1. The van der Waals surface area contributed by atoms with E-state index in [1.165, 1.54) is 25.5 Å². The topological polar surface area (TPSA) is 103 Å². The summed E-state index contributed by atoms with van der Waals surface area (Å²) in [6, 6.07) is 9.68. The smallest absolute Gasteiger partial charge is 0.271 e. The van der Waals surface area contributed by atoms with Gasteiger partial charge in [-0.3, -0.25) is 9.59 Å². The number of nitrogens with one attached hydrogen (secondary N) is 1. The van der Waals surface area contributed by atoms with Crippen molar-refractivity contribution in [1.29, 1.82) is 0 Å². The molecular weight excluding hydrogens is 381 g/mol. The van der Waals surface area contributed by atoms with Crippen LogP contribution < -0.4 is 20.6 Å². The quantitative estimate of drug-likeness (QED) is 0.555. The number of carbonyl (C=O) groups excluding carboxylic acids is 2. The van der Waals surface area contributed by atoms with E-state index in [-0.39, 0.29) is 22.4 Å². The van der Waals surface area contributed by atoms with Gasteiger partial charge in [-0.2, -0.15) is 5.10 Å². The van der Waals surface area contributed by atoms with Crippen molar-refractivity contribution in [3.63, 3.8) is 0 Å². The molecule has 0 spiro atoms.